The van der Waals surface area contributed by atoms with Crippen molar-refractivity contribution in [2.45, 2.75) is 40.0 Å². The van der Waals surface area contributed by atoms with Crippen LogP contribution in [0.5, 0.6) is 0 Å². The topological polar surface area (TPSA) is 49.2 Å². The van der Waals surface area contributed by atoms with Gasteiger partial charge in [-0.25, -0.2) is 4.98 Å². The Morgan fingerprint density at radius 1 is 1.43 bits per heavy atom. The van der Waals surface area contributed by atoms with Crippen LogP contribution in [0.15, 0.2) is 6.07 Å². The van der Waals surface area contributed by atoms with Crippen LogP contribution in [-0.4, -0.2) is 30.8 Å². The van der Waals surface area contributed by atoms with Crippen LogP contribution in [0.4, 0.5) is 19.0 Å². The summed E-state index contributed by atoms with van der Waals surface area (Å²) in [6.45, 7) is 8.69. The monoisotopic (exact) mass is 327 g/mol. The van der Waals surface area contributed by atoms with Crippen LogP contribution in [0.3, 0.4) is 0 Å². The number of nitriles is 1. The van der Waals surface area contributed by atoms with E-state index in [1.54, 1.807) is 11.0 Å². The van der Waals surface area contributed by atoms with Crippen molar-refractivity contribution in [1.29, 1.82) is 5.26 Å². The highest BCUT2D eigenvalue weighted by atomic mass is 19.4. The number of aromatic nitrogens is 1. The molecule has 1 aromatic heterocycles. The fraction of sp³-hybridized carbons (Fsp3) is 0.625. The lowest BCUT2D eigenvalue weighted by molar-refractivity contribution is -0.137. The summed E-state index contributed by atoms with van der Waals surface area (Å²) in [5.74, 6) is 0.0882. The maximum Gasteiger partial charge on any atom is 0.417 e. The molecule has 1 atom stereocenters. The molecule has 0 aromatic carbocycles. The van der Waals surface area contributed by atoms with Crippen LogP contribution in [0.25, 0.3) is 0 Å². The second-order valence-corrected chi connectivity index (χ2v) is 6.79. The Morgan fingerprint density at radius 2 is 2.09 bits per heavy atom. The highest BCUT2D eigenvalue weighted by molar-refractivity contribution is 5.59. The molecule has 1 saturated heterocycles. The normalized spacial score (nSPS) is 21.7. The second kappa shape index (κ2) is 6.00. The Hall–Kier alpha value is -1.81. The molecule has 1 aromatic rings. The summed E-state index contributed by atoms with van der Waals surface area (Å²) in [7, 11) is 0. The Balaban J connectivity index is 2.58. The molecule has 1 unspecified atom stereocenters. The first-order valence-electron chi connectivity index (χ1n) is 7.39. The Morgan fingerprint density at radius 3 is 2.65 bits per heavy atom. The predicted octanol–water partition coefficient (Wildman–Crippen LogP) is 3.53. The van der Waals surface area contributed by atoms with Crippen LogP contribution in [0.2, 0.25) is 0 Å². The number of pyridine rings is 1. The third-order valence-electron chi connectivity index (χ3n) is 3.70. The Labute approximate surface area is 133 Å². The van der Waals surface area contributed by atoms with Crippen molar-refractivity contribution in [2.75, 3.05) is 24.6 Å². The fourth-order valence-corrected chi connectivity index (χ4v) is 2.74. The average molecular weight is 327 g/mol. The number of aryl methyl sites for hydroxylation is 1. The van der Waals surface area contributed by atoms with Gasteiger partial charge in [0, 0.05) is 24.2 Å². The van der Waals surface area contributed by atoms with E-state index in [0.717, 1.165) is 6.07 Å². The maximum atomic E-state index is 13.2. The number of hydrogen-bond donors (Lipinski definition) is 0. The van der Waals surface area contributed by atoms with E-state index in [0.29, 0.717) is 19.7 Å². The molecule has 23 heavy (non-hydrogen) atoms. The van der Waals surface area contributed by atoms with Gasteiger partial charge in [-0.15, -0.1) is 0 Å². The first-order chi connectivity index (χ1) is 10.5. The van der Waals surface area contributed by atoms with E-state index >= 15 is 0 Å². The lowest BCUT2D eigenvalue weighted by Gasteiger charge is -2.30. The van der Waals surface area contributed by atoms with Crippen LogP contribution >= 0.6 is 0 Å². The Kier molecular flexibility index (Phi) is 4.58. The summed E-state index contributed by atoms with van der Waals surface area (Å²) in [4.78, 5) is 5.97. The zero-order valence-electron chi connectivity index (χ0n) is 13.7. The molecule has 0 N–H and O–H groups in total. The fourth-order valence-electron chi connectivity index (χ4n) is 2.74. The van der Waals surface area contributed by atoms with E-state index in [1.807, 2.05) is 20.8 Å². The number of nitrogens with zero attached hydrogens (tertiary/aromatic N) is 3. The molecule has 0 aliphatic carbocycles. The smallest absolute Gasteiger partial charge is 0.376 e. The van der Waals surface area contributed by atoms with E-state index < -0.39 is 17.3 Å². The van der Waals surface area contributed by atoms with Gasteiger partial charge in [-0.1, -0.05) is 13.8 Å². The molecule has 2 heterocycles. The molecule has 126 valence electrons. The van der Waals surface area contributed by atoms with Crippen molar-refractivity contribution < 1.29 is 17.9 Å². The van der Waals surface area contributed by atoms with Gasteiger partial charge in [0.1, 0.15) is 17.5 Å². The largest absolute Gasteiger partial charge is 0.417 e. The molecular formula is C16H20F3N3O. The van der Waals surface area contributed by atoms with Crippen LogP contribution in [-0.2, 0) is 10.9 Å². The van der Waals surface area contributed by atoms with Gasteiger partial charge in [-0.2, -0.15) is 18.4 Å². The number of alkyl halides is 3. The first kappa shape index (κ1) is 17.5. The summed E-state index contributed by atoms with van der Waals surface area (Å²) in [5, 5.41) is 9.30. The third-order valence-corrected chi connectivity index (χ3v) is 3.70. The van der Waals surface area contributed by atoms with E-state index in [4.69, 9.17) is 4.74 Å². The molecule has 1 aliphatic rings. The van der Waals surface area contributed by atoms with Crippen molar-refractivity contribution >= 4 is 5.82 Å². The molecule has 0 saturated carbocycles. The van der Waals surface area contributed by atoms with Gasteiger partial charge < -0.3 is 9.64 Å². The second-order valence-electron chi connectivity index (χ2n) is 6.79. The van der Waals surface area contributed by atoms with Crippen molar-refractivity contribution in [1.82, 2.24) is 4.98 Å². The highest BCUT2D eigenvalue weighted by Crippen LogP contribution is 2.37. The molecule has 0 radical (unpaired) electrons. The number of ether oxygens (including phenoxy) is 1. The lowest BCUT2D eigenvalue weighted by atomic mass is 9.94. The number of hydrogen-bond acceptors (Lipinski definition) is 4. The van der Waals surface area contributed by atoms with Crippen molar-refractivity contribution in [3.8, 4) is 6.07 Å². The van der Waals surface area contributed by atoms with Crippen LogP contribution in [0, 0.1) is 23.7 Å². The minimum Gasteiger partial charge on any atom is -0.376 e. The molecule has 0 amide bonds. The first-order valence-corrected chi connectivity index (χ1v) is 7.39. The predicted molar refractivity (Wildman–Crippen MR) is 80.1 cm³/mol. The minimum absolute atomic E-state index is 0.0882. The zero-order valence-corrected chi connectivity index (χ0v) is 13.7. The molecule has 1 aliphatic heterocycles. The number of anilines is 1. The van der Waals surface area contributed by atoms with E-state index in [-0.39, 0.29) is 23.0 Å². The summed E-state index contributed by atoms with van der Waals surface area (Å²) in [5.41, 5.74) is -1.37. The van der Waals surface area contributed by atoms with Gasteiger partial charge >= 0.3 is 6.18 Å². The molecule has 7 heteroatoms. The van der Waals surface area contributed by atoms with Crippen molar-refractivity contribution in [2.24, 2.45) is 5.41 Å². The van der Waals surface area contributed by atoms with Gasteiger partial charge in [0.2, 0.25) is 0 Å². The average Bonchev–Trinajstić information content (AvgIpc) is 2.55. The molecule has 1 fully saturated rings. The number of rotatable bonds is 1. The summed E-state index contributed by atoms with van der Waals surface area (Å²) in [6.07, 6.45) is -4.74. The van der Waals surface area contributed by atoms with Crippen LogP contribution < -0.4 is 4.90 Å². The molecule has 4 nitrogen and oxygen atoms in total. The van der Waals surface area contributed by atoms with E-state index in [1.165, 1.54) is 6.92 Å². The summed E-state index contributed by atoms with van der Waals surface area (Å²) >= 11 is 0. The van der Waals surface area contributed by atoms with E-state index in [2.05, 4.69) is 4.98 Å². The van der Waals surface area contributed by atoms with Gasteiger partial charge in [0.15, 0.2) is 0 Å². The molecule has 0 spiro atoms. The van der Waals surface area contributed by atoms with Crippen LogP contribution in [0.1, 0.15) is 37.6 Å². The third kappa shape index (κ3) is 3.94. The maximum absolute atomic E-state index is 13.2. The van der Waals surface area contributed by atoms with Crippen molar-refractivity contribution in [3.05, 3.63) is 22.9 Å². The standard InChI is InChI=1S/C16H20F3N3O/c1-10-5-13(16(17,18)19)12(6-20)14(21-10)22-7-11(2)23-9-15(3,4)8-22/h5,11H,7-9H2,1-4H3. The minimum atomic E-state index is -4.59. The van der Waals surface area contributed by atoms with Gasteiger partial charge in [-0.3, -0.25) is 0 Å². The molecule has 0 bridgehead atoms. The lowest BCUT2D eigenvalue weighted by Crippen LogP contribution is -2.37. The highest BCUT2D eigenvalue weighted by Gasteiger charge is 2.38. The van der Waals surface area contributed by atoms with Crippen molar-refractivity contribution in [3.63, 3.8) is 0 Å². The van der Waals surface area contributed by atoms with E-state index in [9.17, 15) is 18.4 Å². The number of halogens is 3. The molecule has 2 rings (SSSR count). The summed E-state index contributed by atoms with van der Waals surface area (Å²) < 4.78 is 45.4. The van der Waals surface area contributed by atoms with Gasteiger partial charge in [0.05, 0.1) is 18.3 Å². The SMILES string of the molecule is Cc1cc(C(F)(F)F)c(C#N)c(N2CC(C)OCC(C)(C)C2)n1. The molecular weight excluding hydrogens is 307 g/mol. The van der Waals surface area contributed by atoms with Gasteiger partial charge in [-0.05, 0) is 19.9 Å². The summed E-state index contributed by atoms with van der Waals surface area (Å²) in [6, 6.07) is 2.61. The van der Waals surface area contributed by atoms with Gasteiger partial charge in [0.25, 0.3) is 0 Å². The Bertz CT molecular complexity index is 635. The zero-order chi connectivity index (χ0) is 17.4. The quantitative estimate of drug-likeness (QED) is 0.792.